The van der Waals surface area contributed by atoms with Gasteiger partial charge in [-0.1, -0.05) is 206 Å². The van der Waals surface area contributed by atoms with Crippen LogP contribution in [0.1, 0.15) is 22.3 Å². The lowest BCUT2D eigenvalue weighted by molar-refractivity contribution is 0.769. The molecule has 1 aliphatic carbocycles. The van der Waals surface area contributed by atoms with Gasteiger partial charge in [-0.15, -0.1) is 0 Å². The van der Waals surface area contributed by atoms with Gasteiger partial charge in [0.1, 0.15) is 0 Å². The van der Waals surface area contributed by atoms with Gasteiger partial charge in [-0.05, 0) is 101 Å². The van der Waals surface area contributed by atoms with Gasteiger partial charge in [-0.2, -0.15) is 0 Å². The van der Waals surface area contributed by atoms with Gasteiger partial charge in [0.25, 0.3) is 0 Å². The van der Waals surface area contributed by atoms with E-state index in [0.29, 0.717) is 0 Å². The number of para-hydroxylation sites is 1. The monoisotopic (exact) mass is 747 g/mol. The zero-order valence-corrected chi connectivity index (χ0v) is 32.3. The minimum absolute atomic E-state index is 0.476. The first-order chi connectivity index (χ1) is 29.3. The molecule has 0 unspecified atom stereocenters. The minimum Gasteiger partial charge on any atom is -0.247 e. The first-order valence-corrected chi connectivity index (χ1v) is 20.5. The maximum atomic E-state index is 5.46. The topological polar surface area (TPSA) is 12.9 Å². The quantitative estimate of drug-likeness (QED) is 0.126. The Morgan fingerprint density at radius 1 is 0.288 bits per heavy atom. The highest BCUT2D eigenvalue weighted by Crippen LogP contribution is 2.57. The third kappa shape index (κ3) is 4.95. The predicted octanol–water partition coefficient (Wildman–Crippen LogP) is 15.1. The smallest absolute Gasteiger partial charge is 0.0788 e. The van der Waals surface area contributed by atoms with E-state index in [0.717, 1.165) is 27.5 Å². The molecule has 11 aromatic rings. The summed E-state index contributed by atoms with van der Waals surface area (Å²) >= 11 is 0. The molecule has 0 amide bonds. The molecular formula is C58H37N. The fourth-order valence-electron chi connectivity index (χ4n) is 10.3. The van der Waals surface area contributed by atoms with Gasteiger partial charge >= 0.3 is 0 Å². The average Bonchev–Trinajstić information content (AvgIpc) is 3.61. The van der Waals surface area contributed by atoms with Gasteiger partial charge in [0.2, 0.25) is 0 Å². The highest BCUT2D eigenvalue weighted by Gasteiger charge is 2.46. The Balaban J connectivity index is 1.10. The number of aromatic nitrogens is 1. The third-order valence-electron chi connectivity index (χ3n) is 12.7. The van der Waals surface area contributed by atoms with E-state index in [1.54, 1.807) is 0 Å². The molecule has 0 bridgehead atoms. The third-order valence-corrected chi connectivity index (χ3v) is 12.7. The fraction of sp³-hybridized carbons (Fsp3) is 0.0172. The number of fused-ring (bicyclic) bond motifs is 8. The van der Waals surface area contributed by atoms with Crippen LogP contribution in [-0.2, 0) is 5.41 Å². The molecule has 12 rings (SSSR count). The predicted molar refractivity (Wildman–Crippen MR) is 248 cm³/mol. The number of pyridine rings is 1. The van der Waals surface area contributed by atoms with E-state index in [4.69, 9.17) is 4.98 Å². The summed E-state index contributed by atoms with van der Waals surface area (Å²) in [5.41, 5.74) is 15.2. The van der Waals surface area contributed by atoms with Crippen molar-refractivity contribution < 1.29 is 0 Å². The molecule has 1 nitrogen and oxygen atoms in total. The summed E-state index contributed by atoms with van der Waals surface area (Å²) in [7, 11) is 0. The molecule has 1 heteroatoms. The number of hydrogen-bond acceptors (Lipinski definition) is 1. The van der Waals surface area contributed by atoms with Crippen LogP contribution in [0, 0.1) is 0 Å². The van der Waals surface area contributed by atoms with Gasteiger partial charge in [-0.25, -0.2) is 4.98 Å². The van der Waals surface area contributed by atoms with Crippen LogP contribution in [-0.4, -0.2) is 4.98 Å². The van der Waals surface area contributed by atoms with Crippen molar-refractivity contribution in [1.29, 1.82) is 0 Å². The largest absolute Gasteiger partial charge is 0.247 e. The van der Waals surface area contributed by atoms with Crippen LogP contribution in [0.4, 0.5) is 0 Å². The van der Waals surface area contributed by atoms with Crippen molar-refractivity contribution in [3.63, 3.8) is 0 Å². The van der Waals surface area contributed by atoms with Crippen molar-refractivity contribution in [2.45, 2.75) is 5.41 Å². The summed E-state index contributed by atoms with van der Waals surface area (Å²) in [5, 5.41) is 8.55. The maximum Gasteiger partial charge on any atom is 0.0788 e. The Kier molecular flexibility index (Phi) is 7.52. The van der Waals surface area contributed by atoms with Gasteiger partial charge in [0.15, 0.2) is 0 Å². The lowest BCUT2D eigenvalue weighted by atomic mass is 9.67. The summed E-state index contributed by atoms with van der Waals surface area (Å²) in [4.78, 5) is 5.46. The standard InChI is InChI=1S/C58H37N/c1-4-18-38(19-5-1)55-45-26-10-12-28-47(45)56(48-29-13-11-27-46(48)55)39-32-34-40(35-33-39)57-51-36-50-43-24-14-16-30-52(43)58(41-20-6-2-7-21-41,42-22-8-3-9-23-42)53(50)37-49(51)44-25-15-17-31-54(44)59-57/h1-37H. The highest BCUT2D eigenvalue weighted by atomic mass is 14.7. The highest BCUT2D eigenvalue weighted by molar-refractivity contribution is 6.21. The van der Waals surface area contributed by atoms with Crippen molar-refractivity contribution >= 4 is 43.2 Å². The zero-order chi connectivity index (χ0) is 38.9. The van der Waals surface area contributed by atoms with Crippen LogP contribution < -0.4 is 0 Å². The molecule has 0 atom stereocenters. The second-order valence-electron chi connectivity index (χ2n) is 15.7. The van der Waals surface area contributed by atoms with Crippen molar-refractivity contribution in [1.82, 2.24) is 4.98 Å². The van der Waals surface area contributed by atoms with E-state index < -0.39 is 5.41 Å². The van der Waals surface area contributed by atoms with Crippen LogP contribution in [0.3, 0.4) is 0 Å². The molecule has 0 spiro atoms. The van der Waals surface area contributed by atoms with Crippen LogP contribution in [0.5, 0.6) is 0 Å². The molecule has 0 fully saturated rings. The number of nitrogens with zero attached hydrogens (tertiary/aromatic N) is 1. The van der Waals surface area contributed by atoms with Gasteiger partial charge in [0.05, 0.1) is 16.6 Å². The Morgan fingerprint density at radius 2 is 0.746 bits per heavy atom. The summed E-state index contributed by atoms with van der Waals surface area (Å²) < 4.78 is 0. The van der Waals surface area contributed by atoms with Crippen LogP contribution in [0.15, 0.2) is 224 Å². The first-order valence-electron chi connectivity index (χ1n) is 20.5. The normalized spacial score (nSPS) is 12.9. The molecule has 274 valence electrons. The van der Waals surface area contributed by atoms with E-state index in [2.05, 4.69) is 224 Å². The Morgan fingerprint density at radius 3 is 1.34 bits per heavy atom. The van der Waals surface area contributed by atoms with Crippen molar-refractivity contribution in [2.75, 3.05) is 0 Å². The minimum atomic E-state index is -0.476. The molecule has 0 aliphatic heterocycles. The summed E-state index contributed by atoms with van der Waals surface area (Å²) in [6.45, 7) is 0. The molecule has 0 N–H and O–H groups in total. The molecule has 10 aromatic carbocycles. The SMILES string of the molecule is c1ccc(-c2c3ccccc3c(-c3ccc(-c4nc5ccccc5c5cc6c(cc45)-c4ccccc4C6(c4ccccc4)c4ccccc4)cc3)c3ccccc23)cc1. The molecular weight excluding hydrogens is 711 g/mol. The number of rotatable bonds is 5. The first kappa shape index (κ1) is 33.5. The van der Waals surface area contributed by atoms with E-state index >= 15 is 0 Å². The maximum absolute atomic E-state index is 5.46. The second-order valence-corrected chi connectivity index (χ2v) is 15.7. The summed E-state index contributed by atoms with van der Waals surface area (Å²) in [5.74, 6) is 0. The second kappa shape index (κ2) is 13.2. The molecule has 0 saturated heterocycles. The lowest BCUT2D eigenvalue weighted by Gasteiger charge is -2.34. The van der Waals surface area contributed by atoms with Crippen molar-refractivity contribution in [2.24, 2.45) is 0 Å². The van der Waals surface area contributed by atoms with Gasteiger partial charge < -0.3 is 0 Å². The molecule has 1 aliphatic rings. The Labute approximate surface area is 343 Å². The van der Waals surface area contributed by atoms with Gasteiger partial charge in [-0.3, -0.25) is 0 Å². The number of benzene rings is 10. The Bertz CT molecular complexity index is 3310. The molecule has 59 heavy (non-hydrogen) atoms. The van der Waals surface area contributed by atoms with Crippen molar-refractivity contribution in [3.8, 4) is 44.6 Å². The molecule has 1 aromatic heterocycles. The summed E-state index contributed by atoms with van der Waals surface area (Å²) in [6.07, 6.45) is 0. The fourth-order valence-corrected chi connectivity index (χ4v) is 10.3. The number of hydrogen-bond donors (Lipinski definition) is 0. The van der Waals surface area contributed by atoms with Crippen molar-refractivity contribution in [3.05, 3.63) is 247 Å². The van der Waals surface area contributed by atoms with Gasteiger partial charge in [0, 0.05) is 16.3 Å². The zero-order valence-electron chi connectivity index (χ0n) is 32.3. The molecule has 1 heterocycles. The van der Waals surface area contributed by atoms with E-state index in [1.165, 1.54) is 82.6 Å². The van der Waals surface area contributed by atoms with Crippen LogP contribution in [0.2, 0.25) is 0 Å². The Hall–Kier alpha value is -7.61. The average molecular weight is 748 g/mol. The van der Waals surface area contributed by atoms with E-state index in [9.17, 15) is 0 Å². The summed E-state index contributed by atoms with van der Waals surface area (Å²) in [6, 6.07) is 82.3. The molecule has 0 saturated carbocycles. The van der Waals surface area contributed by atoms with E-state index in [1.807, 2.05) is 0 Å². The van der Waals surface area contributed by atoms with E-state index in [-0.39, 0.29) is 0 Å². The van der Waals surface area contributed by atoms with Crippen LogP contribution in [0.25, 0.3) is 87.9 Å². The van der Waals surface area contributed by atoms with Crippen LogP contribution >= 0.6 is 0 Å². The molecule has 0 radical (unpaired) electrons. The lowest BCUT2D eigenvalue weighted by Crippen LogP contribution is -2.28.